The van der Waals surface area contributed by atoms with Crippen LogP contribution in [0.15, 0.2) is 16.1 Å². The van der Waals surface area contributed by atoms with Crippen molar-refractivity contribution in [2.45, 2.75) is 0 Å². The molecule has 0 saturated heterocycles. The van der Waals surface area contributed by atoms with Crippen LogP contribution in [-0.4, -0.2) is 15.2 Å². The van der Waals surface area contributed by atoms with Gasteiger partial charge >= 0.3 is 6.01 Å². The summed E-state index contributed by atoms with van der Waals surface area (Å²) in [5.41, 5.74) is 6.92. The number of nitrogen functional groups attached to an aromatic ring is 1. The summed E-state index contributed by atoms with van der Waals surface area (Å²) in [6.07, 6.45) is 1.65. The fourth-order valence-electron chi connectivity index (χ4n) is 0.656. The lowest BCUT2D eigenvalue weighted by Crippen LogP contribution is -1.81. The topological polar surface area (TPSA) is 77.8 Å². The molecule has 0 unspecified atom stereocenters. The summed E-state index contributed by atoms with van der Waals surface area (Å²) in [6, 6.07) is 0.0772. The highest BCUT2D eigenvalue weighted by Crippen LogP contribution is 2.21. The summed E-state index contributed by atoms with van der Waals surface area (Å²) in [5, 5.41) is 7.20. The Morgan fingerprint density at radius 1 is 1.45 bits per heavy atom. The van der Waals surface area contributed by atoms with Crippen LogP contribution in [0.2, 0.25) is 0 Å². The molecule has 0 saturated carbocycles. The predicted molar refractivity (Wildman–Crippen MR) is 39.8 cm³/mol. The van der Waals surface area contributed by atoms with E-state index in [4.69, 9.17) is 10.2 Å². The van der Waals surface area contributed by atoms with Crippen molar-refractivity contribution < 1.29 is 4.42 Å². The fourth-order valence-corrected chi connectivity index (χ4v) is 1.20. The van der Waals surface area contributed by atoms with E-state index in [0.29, 0.717) is 5.89 Å². The van der Waals surface area contributed by atoms with Crippen LogP contribution < -0.4 is 5.73 Å². The first kappa shape index (κ1) is 6.29. The van der Waals surface area contributed by atoms with Gasteiger partial charge in [0.05, 0.1) is 11.7 Å². The van der Waals surface area contributed by atoms with E-state index in [-0.39, 0.29) is 6.01 Å². The highest BCUT2D eigenvalue weighted by Gasteiger charge is 2.06. The average molecular weight is 168 g/mol. The van der Waals surface area contributed by atoms with Crippen molar-refractivity contribution in [3.63, 3.8) is 0 Å². The van der Waals surface area contributed by atoms with E-state index in [9.17, 15) is 0 Å². The molecular weight excluding hydrogens is 164 g/mol. The molecule has 0 bridgehead atoms. The number of thiazole rings is 1. The van der Waals surface area contributed by atoms with Crippen LogP contribution in [0.1, 0.15) is 0 Å². The Hall–Kier alpha value is -1.43. The number of nitrogens with zero attached hydrogens (tertiary/aromatic N) is 3. The molecule has 2 rings (SSSR count). The van der Waals surface area contributed by atoms with Gasteiger partial charge in [0, 0.05) is 0 Å². The van der Waals surface area contributed by atoms with Gasteiger partial charge in [-0.05, 0) is 0 Å². The molecule has 0 radical (unpaired) electrons. The molecule has 0 spiro atoms. The van der Waals surface area contributed by atoms with E-state index in [1.165, 1.54) is 11.3 Å². The third-order valence-electron chi connectivity index (χ3n) is 1.08. The first-order chi connectivity index (χ1) is 5.36. The molecule has 2 aromatic heterocycles. The first-order valence-electron chi connectivity index (χ1n) is 2.84. The fraction of sp³-hybridized carbons (Fsp3) is 0. The molecule has 0 aliphatic rings. The third-order valence-corrected chi connectivity index (χ3v) is 1.84. The van der Waals surface area contributed by atoms with Crippen molar-refractivity contribution in [3.8, 4) is 10.8 Å². The maximum Gasteiger partial charge on any atom is 0.313 e. The van der Waals surface area contributed by atoms with Gasteiger partial charge in [-0.1, -0.05) is 5.10 Å². The highest BCUT2D eigenvalue weighted by molar-refractivity contribution is 7.13. The van der Waals surface area contributed by atoms with Gasteiger partial charge in [0.15, 0.2) is 0 Å². The zero-order chi connectivity index (χ0) is 7.68. The van der Waals surface area contributed by atoms with Gasteiger partial charge in [-0.15, -0.1) is 16.4 Å². The molecule has 0 amide bonds. The lowest BCUT2D eigenvalue weighted by Gasteiger charge is -1.81. The van der Waals surface area contributed by atoms with E-state index >= 15 is 0 Å². The summed E-state index contributed by atoms with van der Waals surface area (Å²) in [7, 11) is 0. The molecule has 0 aliphatic heterocycles. The standard InChI is InChI=1S/C5H4N4OS/c6-5-9-8-4(10-5)3-1-7-2-11-3/h1-2H,(H2,6,9). The number of anilines is 1. The molecule has 0 aliphatic carbocycles. The Morgan fingerprint density at radius 2 is 2.36 bits per heavy atom. The molecule has 11 heavy (non-hydrogen) atoms. The van der Waals surface area contributed by atoms with Crippen LogP contribution >= 0.6 is 11.3 Å². The van der Waals surface area contributed by atoms with Gasteiger partial charge in [0.1, 0.15) is 4.88 Å². The summed E-state index contributed by atoms with van der Waals surface area (Å²) < 4.78 is 4.95. The maximum absolute atomic E-state index is 5.23. The summed E-state index contributed by atoms with van der Waals surface area (Å²) in [6.45, 7) is 0. The molecule has 2 heterocycles. The summed E-state index contributed by atoms with van der Waals surface area (Å²) in [4.78, 5) is 4.69. The van der Waals surface area contributed by atoms with E-state index in [2.05, 4.69) is 15.2 Å². The molecule has 2 aromatic rings. The molecule has 5 nitrogen and oxygen atoms in total. The van der Waals surface area contributed by atoms with Gasteiger partial charge in [-0.3, -0.25) is 4.98 Å². The highest BCUT2D eigenvalue weighted by atomic mass is 32.1. The Labute approximate surface area is 65.9 Å². The van der Waals surface area contributed by atoms with E-state index < -0.39 is 0 Å². The first-order valence-corrected chi connectivity index (χ1v) is 3.72. The Balaban J connectivity index is 2.45. The van der Waals surface area contributed by atoms with Crippen LogP contribution in [0.25, 0.3) is 10.8 Å². The van der Waals surface area contributed by atoms with E-state index in [1.54, 1.807) is 11.7 Å². The van der Waals surface area contributed by atoms with Gasteiger partial charge < -0.3 is 10.2 Å². The Morgan fingerprint density at radius 3 is 2.91 bits per heavy atom. The van der Waals surface area contributed by atoms with Crippen molar-refractivity contribution in [2.75, 3.05) is 5.73 Å². The molecule has 0 fully saturated rings. The smallest absolute Gasteiger partial charge is 0.313 e. The van der Waals surface area contributed by atoms with Crippen LogP contribution in [0.3, 0.4) is 0 Å². The number of aromatic nitrogens is 3. The minimum Gasteiger partial charge on any atom is -0.403 e. The molecular formula is C5H4N4OS. The van der Waals surface area contributed by atoms with E-state index in [0.717, 1.165) is 4.88 Å². The van der Waals surface area contributed by atoms with Crippen LogP contribution in [0, 0.1) is 0 Å². The number of hydrogen-bond acceptors (Lipinski definition) is 6. The van der Waals surface area contributed by atoms with Crippen molar-refractivity contribution >= 4 is 17.4 Å². The van der Waals surface area contributed by atoms with Gasteiger partial charge in [0.2, 0.25) is 0 Å². The lowest BCUT2D eigenvalue weighted by molar-refractivity contribution is 0.591. The van der Waals surface area contributed by atoms with E-state index in [1.807, 2.05) is 0 Å². The Bertz CT molecular complexity index is 341. The number of nitrogens with two attached hydrogens (primary N) is 1. The Kier molecular flexibility index (Phi) is 1.32. The van der Waals surface area contributed by atoms with Crippen molar-refractivity contribution in [1.29, 1.82) is 0 Å². The third kappa shape index (κ3) is 1.07. The van der Waals surface area contributed by atoms with Crippen LogP contribution in [0.4, 0.5) is 6.01 Å². The second-order valence-electron chi connectivity index (χ2n) is 1.81. The number of rotatable bonds is 1. The lowest BCUT2D eigenvalue weighted by atomic mass is 10.6. The monoisotopic (exact) mass is 168 g/mol. The molecule has 56 valence electrons. The molecule has 0 aromatic carbocycles. The zero-order valence-corrected chi connectivity index (χ0v) is 6.21. The van der Waals surface area contributed by atoms with Gasteiger partial charge in [0.25, 0.3) is 5.89 Å². The van der Waals surface area contributed by atoms with Crippen molar-refractivity contribution in [3.05, 3.63) is 11.7 Å². The second-order valence-corrected chi connectivity index (χ2v) is 2.70. The zero-order valence-electron chi connectivity index (χ0n) is 5.39. The largest absolute Gasteiger partial charge is 0.403 e. The van der Waals surface area contributed by atoms with Crippen molar-refractivity contribution in [2.24, 2.45) is 0 Å². The normalized spacial score (nSPS) is 10.2. The van der Waals surface area contributed by atoms with Crippen LogP contribution in [0.5, 0.6) is 0 Å². The maximum atomic E-state index is 5.23. The van der Waals surface area contributed by atoms with Gasteiger partial charge in [-0.25, -0.2) is 0 Å². The molecule has 0 atom stereocenters. The SMILES string of the molecule is Nc1nnc(-c2cncs2)o1. The number of hydrogen-bond donors (Lipinski definition) is 1. The second kappa shape index (κ2) is 2.31. The average Bonchev–Trinajstić information content (AvgIpc) is 2.55. The molecule has 6 heteroatoms. The van der Waals surface area contributed by atoms with Gasteiger partial charge in [-0.2, -0.15) is 0 Å². The summed E-state index contributed by atoms with van der Waals surface area (Å²) >= 11 is 1.43. The van der Waals surface area contributed by atoms with Crippen LogP contribution in [-0.2, 0) is 0 Å². The summed E-state index contributed by atoms with van der Waals surface area (Å²) in [5.74, 6) is 0.421. The minimum atomic E-state index is 0.0772. The quantitative estimate of drug-likeness (QED) is 0.680. The predicted octanol–water partition coefficient (Wildman–Crippen LogP) is 0.775. The molecule has 2 N–H and O–H groups in total. The minimum absolute atomic E-state index is 0.0772. The van der Waals surface area contributed by atoms with Crippen molar-refractivity contribution in [1.82, 2.24) is 15.2 Å².